The zero-order valence-corrected chi connectivity index (χ0v) is 22.3. The van der Waals surface area contributed by atoms with E-state index in [1.165, 1.54) is 22.1 Å². The lowest BCUT2D eigenvalue weighted by atomic mass is 10.2. The van der Waals surface area contributed by atoms with Crippen LogP contribution in [-0.4, -0.2) is 46.0 Å². The first-order chi connectivity index (χ1) is 20.4. The highest BCUT2D eigenvalue weighted by Crippen LogP contribution is 2.52. The van der Waals surface area contributed by atoms with E-state index in [1.807, 2.05) is 0 Å². The third-order valence-electron chi connectivity index (χ3n) is 9.54. The smallest absolute Gasteiger partial charge is 0.311 e. The van der Waals surface area contributed by atoms with Crippen LogP contribution >= 0.6 is 0 Å². The molecule has 0 N–H and O–H groups in total. The lowest BCUT2D eigenvalue weighted by molar-refractivity contribution is 0.970. The molecule has 0 unspecified atom stereocenters. The van der Waals surface area contributed by atoms with Gasteiger partial charge in [-0.1, -0.05) is 72.8 Å². The molecule has 0 fully saturated rings. The first-order valence-corrected chi connectivity index (χ1v) is 15.6. The lowest BCUT2D eigenvalue weighted by Gasteiger charge is -2.32. The van der Waals surface area contributed by atoms with Gasteiger partial charge in [-0.25, -0.2) is 0 Å². The van der Waals surface area contributed by atoms with Gasteiger partial charge in [0, 0.05) is 43.6 Å². The van der Waals surface area contributed by atoms with E-state index in [0.717, 1.165) is 65.7 Å². The fourth-order valence-electron chi connectivity index (χ4n) is 8.21. The van der Waals surface area contributed by atoms with E-state index in [1.54, 1.807) is 0 Å². The van der Waals surface area contributed by atoms with Gasteiger partial charge in [-0.3, -0.25) is 0 Å². The third-order valence-corrected chi connectivity index (χ3v) is 13.8. The molecule has 0 radical (unpaired) electrons. The predicted molar refractivity (Wildman–Crippen MR) is 163 cm³/mol. The second-order valence-corrected chi connectivity index (χ2v) is 14.2. The van der Waals surface area contributed by atoms with Crippen molar-refractivity contribution in [1.29, 1.82) is 0 Å². The summed E-state index contributed by atoms with van der Waals surface area (Å²) in [5.74, 6) is 0. The Labute approximate surface area is 230 Å². The number of hydrogen-bond donors (Lipinski definition) is 0. The highest BCUT2D eigenvalue weighted by atomic mass is 28.4. The first-order valence-electron chi connectivity index (χ1n) is 13.8. The quantitative estimate of drug-likeness (QED) is 0.213. The van der Waals surface area contributed by atoms with Crippen LogP contribution in [0.3, 0.4) is 0 Å². The molecule has 0 atom stereocenters. The number of para-hydroxylation sites is 4. The molecule has 41 heavy (non-hydrogen) atoms. The van der Waals surface area contributed by atoms with Crippen molar-refractivity contribution in [2.45, 2.75) is 0 Å². The number of fused-ring (bicyclic) bond motifs is 16. The minimum absolute atomic E-state index is 0.953. The Kier molecular flexibility index (Phi) is 2.83. The van der Waals surface area contributed by atoms with E-state index in [4.69, 9.17) is 20.4 Å². The fraction of sp³-hybridized carbons (Fsp3) is 0. The van der Waals surface area contributed by atoms with Crippen LogP contribution in [0.2, 0.25) is 0 Å². The summed E-state index contributed by atoms with van der Waals surface area (Å²) in [6.07, 6.45) is 0. The molecule has 6 aromatic heterocycles. The molecule has 8 heterocycles. The van der Waals surface area contributed by atoms with Gasteiger partial charge in [0.2, 0.25) is 0 Å². The zero-order chi connectivity index (χ0) is 26.2. The van der Waals surface area contributed by atoms with E-state index in [-0.39, 0.29) is 0 Å². The predicted octanol–water partition coefficient (Wildman–Crippen LogP) is 6.25. The summed E-state index contributed by atoms with van der Waals surface area (Å²) in [6.45, 7) is 0. The summed E-state index contributed by atoms with van der Waals surface area (Å²) in [5, 5.41) is 24.2. The van der Waals surface area contributed by atoms with Crippen LogP contribution in [-0.2, 0) is 0 Å². The van der Waals surface area contributed by atoms with Crippen LogP contribution in [0.25, 0.3) is 87.7 Å². The Morgan fingerprint density at radius 2 is 0.585 bits per heavy atom. The zero-order valence-electron chi connectivity index (χ0n) is 21.3. The normalized spacial score (nSPS) is 15.0. The molecule has 0 saturated carbocycles. The number of rotatable bonds is 0. The first kappa shape index (κ1) is 19.5. The topological polar surface area (TPSA) is 71.3 Å². The van der Waals surface area contributed by atoms with Crippen LogP contribution in [0, 0.1) is 0 Å². The number of benzene rings is 4. The molecule has 9 heteroatoms. The molecule has 0 amide bonds. The standard InChI is InChI=1S/C32H16N8Si/c1-5-13-21-17(9-1)25-29-30-26(34-33-25)18-10-2-6-14-22(18)38(30)41(37(21)29)39-23-15-7-3-11-19(23)27-31(39)32-28(36-35-27)20-12-4-8-16-24(20)40(32)41/h1-16H. The molecule has 1 spiro atoms. The van der Waals surface area contributed by atoms with Gasteiger partial charge in [-0.05, 0) is 24.3 Å². The van der Waals surface area contributed by atoms with Gasteiger partial charge in [-0.2, -0.15) is 0 Å². The lowest BCUT2D eigenvalue weighted by Crippen LogP contribution is -2.59. The average molecular weight is 541 g/mol. The Balaban J connectivity index is 1.52. The average Bonchev–Trinajstić information content (AvgIpc) is 3.83. The minimum atomic E-state index is -3.22. The molecule has 2 aliphatic heterocycles. The van der Waals surface area contributed by atoms with Crippen molar-refractivity contribution < 1.29 is 0 Å². The van der Waals surface area contributed by atoms with Gasteiger partial charge >= 0.3 is 8.72 Å². The van der Waals surface area contributed by atoms with Crippen LogP contribution in [0.4, 0.5) is 0 Å². The number of nitrogens with zero attached hydrogens (tertiary/aromatic N) is 8. The minimum Gasteiger partial charge on any atom is -0.311 e. The molecular formula is C32H16N8Si. The van der Waals surface area contributed by atoms with Gasteiger partial charge in [0.1, 0.15) is 22.1 Å². The third kappa shape index (κ3) is 1.74. The highest BCUT2D eigenvalue weighted by Gasteiger charge is 2.60. The number of hydrogen-bond acceptors (Lipinski definition) is 4. The Hall–Kier alpha value is -5.54. The maximum atomic E-state index is 4.91. The van der Waals surface area contributed by atoms with E-state index in [9.17, 15) is 0 Å². The molecule has 188 valence electrons. The van der Waals surface area contributed by atoms with Gasteiger partial charge in [-0.15, -0.1) is 20.4 Å². The highest BCUT2D eigenvalue weighted by molar-refractivity contribution is 6.84. The van der Waals surface area contributed by atoms with Crippen LogP contribution in [0.15, 0.2) is 97.1 Å². The molecule has 0 aliphatic carbocycles. The maximum absolute atomic E-state index is 4.91. The van der Waals surface area contributed by atoms with Crippen LogP contribution in [0.1, 0.15) is 0 Å². The van der Waals surface area contributed by atoms with E-state index >= 15 is 0 Å². The summed E-state index contributed by atoms with van der Waals surface area (Å²) < 4.78 is 10.6. The van der Waals surface area contributed by atoms with Crippen molar-refractivity contribution in [2.24, 2.45) is 0 Å². The van der Waals surface area contributed by atoms with E-state index in [0.29, 0.717) is 0 Å². The van der Waals surface area contributed by atoms with E-state index in [2.05, 4.69) is 114 Å². The van der Waals surface area contributed by atoms with Crippen molar-refractivity contribution in [3.8, 4) is 0 Å². The van der Waals surface area contributed by atoms with Gasteiger partial charge in [0.25, 0.3) is 0 Å². The summed E-state index contributed by atoms with van der Waals surface area (Å²) in [5.41, 5.74) is 13.1. The van der Waals surface area contributed by atoms with Crippen molar-refractivity contribution in [1.82, 2.24) is 37.3 Å². The summed E-state index contributed by atoms with van der Waals surface area (Å²) in [4.78, 5) is 0. The maximum Gasteiger partial charge on any atom is 0.522 e. The molecule has 12 rings (SSSR count). The SMILES string of the molecule is c1ccc2c(c1)c1nnc3c4ccccc4n4c3c1n2[Si]41n2c3ccccc3c3nnc4c5ccccc5n1c4c32. The summed E-state index contributed by atoms with van der Waals surface area (Å²) in [6, 6.07) is 34.7. The fourth-order valence-corrected chi connectivity index (χ4v) is 13.5. The van der Waals surface area contributed by atoms with Gasteiger partial charge < -0.3 is 16.9 Å². The van der Waals surface area contributed by atoms with Crippen molar-refractivity contribution in [2.75, 3.05) is 0 Å². The summed E-state index contributed by atoms with van der Waals surface area (Å²) >= 11 is 0. The van der Waals surface area contributed by atoms with Crippen LogP contribution in [0.5, 0.6) is 0 Å². The molecule has 4 aromatic carbocycles. The molecule has 8 nitrogen and oxygen atoms in total. The summed E-state index contributed by atoms with van der Waals surface area (Å²) in [7, 11) is -3.22. The monoisotopic (exact) mass is 540 g/mol. The van der Waals surface area contributed by atoms with Crippen molar-refractivity contribution in [3.05, 3.63) is 97.1 Å². The second-order valence-electron chi connectivity index (χ2n) is 11.2. The molecule has 2 aliphatic rings. The Morgan fingerprint density at radius 3 is 0.854 bits per heavy atom. The molecule has 0 bridgehead atoms. The van der Waals surface area contributed by atoms with Crippen molar-refractivity contribution >= 4 is 96.5 Å². The van der Waals surface area contributed by atoms with Crippen LogP contribution < -0.4 is 0 Å². The van der Waals surface area contributed by atoms with Gasteiger partial charge in [0.15, 0.2) is 0 Å². The Morgan fingerprint density at radius 1 is 0.341 bits per heavy atom. The molecule has 0 saturated heterocycles. The van der Waals surface area contributed by atoms with E-state index < -0.39 is 8.72 Å². The Bertz CT molecular complexity index is 2490. The largest absolute Gasteiger partial charge is 0.522 e. The van der Waals surface area contributed by atoms with Gasteiger partial charge in [0.05, 0.1) is 22.1 Å². The second kappa shape index (κ2) is 5.96. The van der Waals surface area contributed by atoms with Crippen molar-refractivity contribution in [3.63, 3.8) is 0 Å². The molecular weight excluding hydrogens is 524 g/mol. The molecule has 10 aromatic rings. The number of aromatic nitrogens is 8.